The minimum atomic E-state index is -0.819. The van der Waals surface area contributed by atoms with Gasteiger partial charge in [0.05, 0.1) is 16.8 Å². The molecule has 8 heteroatoms. The Balaban J connectivity index is 2.67. The summed E-state index contributed by atoms with van der Waals surface area (Å²) < 4.78 is 33.7. The van der Waals surface area contributed by atoms with Crippen LogP contribution in [-0.4, -0.2) is 23.1 Å². The quantitative estimate of drug-likeness (QED) is 0.810. The lowest BCUT2D eigenvalue weighted by Crippen LogP contribution is -2.23. The molecular formula is C14H14F2N2O3S. The summed E-state index contributed by atoms with van der Waals surface area (Å²) in [5.74, 6) is -2.55. The van der Waals surface area contributed by atoms with Gasteiger partial charge in [-0.25, -0.2) is 8.78 Å². The van der Waals surface area contributed by atoms with Crippen LogP contribution in [-0.2, 0) is 20.9 Å². The number of amides is 1. The van der Waals surface area contributed by atoms with E-state index < -0.39 is 23.5 Å². The van der Waals surface area contributed by atoms with Crippen molar-refractivity contribution in [1.29, 1.82) is 0 Å². The number of esters is 1. The van der Waals surface area contributed by atoms with E-state index in [-0.39, 0.29) is 34.6 Å². The first-order chi connectivity index (χ1) is 10.5. The zero-order valence-electron chi connectivity index (χ0n) is 12.1. The summed E-state index contributed by atoms with van der Waals surface area (Å²) in [6.45, 7) is 3.16. The first kappa shape index (κ1) is 16.3. The van der Waals surface area contributed by atoms with Crippen LogP contribution in [0.25, 0.3) is 10.2 Å². The molecule has 118 valence electrons. The van der Waals surface area contributed by atoms with Gasteiger partial charge in [-0.2, -0.15) is 4.99 Å². The molecule has 5 nitrogen and oxygen atoms in total. The molecule has 0 fully saturated rings. The molecule has 22 heavy (non-hydrogen) atoms. The standard InChI is InChI=1S/C14H14F2N2O3S/c1-3-11(19)17-14-18(7-12(20)21-4-2)13-9(16)5-8(15)6-10(13)22-14/h5-6H,3-4,7H2,1-2H3. The van der Waals surface area contributed by atoms with Gasteiger partial charge in [0.25, 0.3) is 0 Å². The molecule has 1 heterocycles. The average molecular weight is 328 g/mol. The van der Waals surface area contributed by atoms with Crippen molar-refractivity contribution in [2.24, 2.45) is 4.99 Å². The van der Waals surface area contributed by atoms with Crippen molar-refractivity contribution >= 4 is 33.4 Å². The number of benzene rings is 1. The number of halogens is 2. The Labute approximate surface area is 128 Å². The van der Waals surface area contributed by atoms with Crippen LogP contribution in [0.4, 0.5) is 8.78 Å². The van der Waals surface area contributed by atoms with Gasteiger partial charge in [-0.1, -0.05) is 18.3 Å². The Kier molecular flexibility index (Phi) is 5.02. The zero-order valence-corrected chi connectivity index (χ0v) is 12.9. The van der Waals surface area contributed by atoms with Gasteiger partial charge in [0.15, 0.2) is 10.6 Å². The summed E-state index contributed by atoms with van der Waals surface area (Å²) in [7, 11) is 0. The number of carbonyl (C=O) groups excluding carboxylic acids is 2. The number of rotatable bonds is 4. The molecule has 0 radical (unpaired) electrons. The summed E-state index contributed by atoms with van der Waals surface area (Å²) in [6, 6.07) is 1.86. The second kappa shape index (κ2) is 6.78. The lowest BCUT2D eigenvalue weighted by atomic mass is 10.3. The van der Waals surface area contributed by atoms with Gasteiger partial charge in [0, 0.05) is 12.5 Å². The third kappa shape index (κ3) is 3.38. The van der Waals surface area contributed by atoms with Crippen LogP contribution in [0.1, 0.15) is 20.3 Å². The summed E-state index contributed by atoms with van der Waals surface area (Å²) in [5, 5.41) is 0. The number of nitrogens with zero attached hydrogens (tertiary/aromatic N) is 2. The SMILES string of the molecule is CCOC(=O)Cn1c(=NC(=O)CC)sc2cc(F)cc(F)c21. The first-order valence-corrected chi connectivity index (χ1v) is 7.49. The zero-order chi connectivity index (χ0) is 16.3. The maximum atomic E-state index is 14.0. The maximum absolute atomic E-state index is 14.0. The van der Waals surface area contributed by atoms with Crippen molar-refractivity contribution in [1.82, 2.24) is 4.57 Å². The summed E-state index contributed by atoms with van der Waals surface area (Å²) >= 11 is 0.944. The number of hydrogen-bond donors (Lipinski definition) is 0. The van der Waals surface area contributed by atoms with Gasteiger partial charge in [0.1, 0.15) is 12.4 Å². The summed E-state index contributed by atoms with van der Waals surface area (Å²) in [5.41, 5.74) is 0.0297. The Morgan fingerprint density at radius 1 is 1.32 bits per heavy atom. The van der Waals surface area contributed by atoms with Gasteiger partial charge >= 0.3 is 5.97 Å². The van der Waals surface area contributed by atoms with Gasteiger partial charge in [-0.05, 0) is 13.0 Å². The molecule has 1 aromatic carbocycles. The fraction of sp³-hybridized carbons (Fsp3) is 0.357. The molecule has 2 aromatic rings. The van der Waals surface area contributed by atoms with Crippen LogP contribution in [0.5, 0.6) is 0 Å². The molecule has 0 atom stereocenters. The number of hydrogen-bond acceptors (Lipinski definition) is 4. The first-order valence-electron chi connectivity index (χ1n) is 6.67. The second-order valence-electron chi connectivity index (χ2n) is 4.37. The van der Waals surface area contributed by atoms with E-state index in [1.165, 1.54) is 4.57 Å². The second-order valence-corrected chi connectivity index (χ2v) is 5.38. The van der Waals surface area contributed by atoms with Gasteiger partial charge in [0.2, 0.25) is 5.91 Å². The number of thiazole rings is 1. The number of ether oxygens (including phenoxy) is 1. The fourth-order valence-electron chi connectivity index (χ4n) is 1.88. The predicted octanol–water partition coefficient (Wildman–Crippen LogP) is 2.38. The lowest BCUT2D eigenvalue weighted by Gasteiger charge is -2.05. The highest BCUT2D eigenvalue weighted by atomic mass is 32.1. The van der Waals surface area contributed by atoms with E-state index >= 15 is 0 Å². The summed E-state index contributed by atoms with van der Waals surface area (Å²) in [6.07, 6.45) is 0.171. The van der Waals surface area contributed by atoms with Crippen LogP contribution in [0.3, 0.4) is 0 Å². The van der Waals surface area contributed by atoms with Gasteiger partial charge in [-0.3, -0.25) is 9.59 Å². The molecule has 0 saturated carbocycles. The molecule has 1 aromatic heterocycles. The van der Waals surface area contributed by atoms with Crippen molar-refractivity contribution in [3.63, 3.8) is 0 Å². The molecular weight excluding hydrogens is 314 g/mol. The molecule has 0 aliphatic carbocycles. The Bertz CT molecular complexity index is 795. The molecule has 0 N–H and O–H groups in total. The highest BCUT2D eigenvalue weighted by Crippen LogP contribution is 2.22. The van der Waals surface area contributed by atoms with E-state index in [1.54, 1.807) is 13.8 Å². The van der Waals surface area contributed by atoms with E-state index in [9.17, 15) is 18.4 Å². The van der Waals surface area contributed by atoms with Crippen LogP contribution in [0, 0.1) is 11.6 Å². The Morgan fingerprint density at radius 2 is 2.05 bits per heavy atom. The van der Waals surface area contributed by atoms with Crippen molar-refractivity contribution in [2.75, 3.05) is 6.61 Å². The number of aromatic nitrogens is 1. The van der Waals surface area contributed by atoms with E-state index in [0.717, 1.165) is 23.5 Å². The van der Waals surface area contributed by atoms with Crippen LogP contribution < -0.4 is 4.80 Å². The maximum Gasteiger partial charge on any atom is 0.326 e. The Hall–Kier alpha value is -2.09. The highest BCUT2D eigenvalue weighted by Gasteiger charge is 2.16. The Morgan fingerprint density at radius 3 is 2.68 bits per heavy atom. The van der Waals surface area contributed by atoms with E-state index in [4.69, 9.17) is 4.74 Å². The normalized spacial score (nSPS) is 11.9. The third-order valence-electron chi connectivity index (χ3n) is 2.81. The van der Waals surface area contributed by atoms with Crippen molar-refractivity contribution in [3.8, 4) is 0 Å². The van der Waals surface area contributed by atoms with E-state index in [1.807, 2.05) is 0 Å². The van der Waals surface area contributed by atoms with Crippen LogP contribution >= 0.6 is 11.3 Å². The largest absolute Gasteiger partial charge is 0.465 e. The van der Waals surface area contributed by atoms with Gasteiger partial charge < -0.3 is 9.30 Å². The van der Waals surface area contributed by atoms with E-state index in [0.29, 0.717) is 0 Å². The molecule has 0 spiro atoms. The van der Waals surface area contributed by atoms with Crippen molar-refractivity contribution in [3.05, 3.63) is 28.6 Å². The predicted molar refractivity (Wildman–Crippen MR) is 77.2 cm³/mol. The average Bonchev–Trinajstić information content (AvgIpc) is 2.76. The number of fused-ring (bicyclic) bond motifs is 1. The third-order valence-corrected chi connectivity index (χ3v) is 3.84. The molecule has 2 rings (SSSR count). The van der Waals surface area contributed by atoms with Crippen molar-refractivity contribution in [2.45, 2.75) is 26.8 Å². The topological polar surface area (TPSA) is 60.7 Å². The molecule has 0 bridgehead atoms. The molecule has 0 aliphatic heterocycles. The van der Waals surface area contributed by atoms with Gasteiger partial charge in [-0.15, -0.1) is 0 Å². The smallest absolute Gasteiger partial charge is 0.326 e. The highest BCUT2D eigenvalue weighted by molar-refractivity contribution is 7.16. The minimum Gasteiger partial charge on any atom is -0.465 e. The van der Waals surface area contributed by atoms with Crippen molar-refractivity contribution < 1.29 is 23.1 Å². The minimum absolute atomic E-state index is 0.0297. The molecule has 0 aliphatic rings. The lowest BCUT2D eigenvalue weighted by molar-refractivity contribution is -0.143. The van der Waals surface area contributed by atoms with E-state index in [2.05, 4.69) is 4.99 Å². The van der Waals surface area contributed by atoms with Crippen LogP contribution in [0.2, 0.25) is 0 Å². The fourth-order valence-corrected chi connectivity index (χ4v) is 2.97. The van der Waals surface area contributed by atoms with Crippen LogP contribution in [0.15, 0.2) is 17.1 Å². The molecule has 0 saturated heterocycles. The molecule has 0 unspecified atom stereocenters. The summed E-state index contributed by atoms with van der Waals surface area (Å²) in [4.78, 5) is 27.2. The molecule has 1 amide bonds. The monoisotopic (exact) mass is 328 g/mol. The number of carbonyl (C=O) groups is 2.